The summed E-state index contributed by atoms with van der Waals surface area (Å²) >= 11 is 6.08. The molecule has 0 saturated heterocycles. The summed E-state index contributed by atoms with van der Waals surface area (Å²) in [5, 5.41) is 11.9. The van der Waals surface area contributed by atoms with Gasteiger partial charge in [0.2, 0.25) is 0 Å². The van der Waals surface area contributed by atoms with Gasteiger partial charge in [0.05, 0.1) is 23.6 Å². The number of ether oxygens (including phenoxy) is 1. The summed E-state index contributed by atoms with van der Waals surface area (Å²) in [5.74, 6) is 0.315. The lowest BCUT2D eigenvalue weighted by molar-refractivity contribution is -0.132. The Balaban J connectivity index is 2.01. The number of nitrogens with zero attached hydrogens (tertiary/aromatic N) is 2. The Hall–Kier alpha value is -2.20. The van der Waals surface area contributed by atoms with Crippen molar-refractivity contribution in [2.45, 2.75) is 19.6 Å². The predicted molar refractivity (Wildman–Crippen MR) is 76.9 cm³/mol. The maximum Gasteiger partial charge on any atom is 0.345 e. The molecule has 2 aromatic heterocycles. The SMILES string of the molecule is C[C@@H](COC(F)F)NC(=O)Nc1ncc2c(N)n[nH]c2c1Cl. The molecule has 0 aromatic carbocycles. The van der Waals surface area contributed by atoms with Gasteiger partial charge in [0.25, 0.3) is 0 Å². The van der Waals surface area contributed by atoms with Crippen LogP contribution in [0.25, 0.3) is 10.9 Å². The molecular formula is C11H13ClF2N6O2. The Labute approximate surface area is 128 Å². The highest BCUT2D eigenvalue weighted by atomic mass is 35.5. The largest absolute Gasteiger partial charge is 0.382 e. The Morgan fingerprint density at radius 2 is 2.32 bits per heavy atom. The van der Waals surface area contributed by atoms with Crippen molar-refractivity contribution < 1.29 is 18.3 Å². The van der Waals surface area contributed by atoms with Crippen LogP contribution in [-0.4, -0.2) is 40.5 Å². The third kappa shape index (κ3) is 3.71. The molecule has 2 amide bonds. The Morgan fingerprint density at radius 3 is 3.00 bits per heavy atom. The van der Waals surface area contributed by atoms with Crippen LogP contribution in [0.4, 0.5) is 25.2 Å². The van der Waals surface area contributed by atoms with Crippen LogP contribution in [0.2, 0.25) is 5.02 Å². The van der Waals surface area contributed by atoms with E-state index in [-0.39, 0.29) is 23.3 Å². The van der Waals surface area contributed by atoms with Gasteiger partial charge < -0.3 is 15.8 Å². The number of carbonyl (C=O) groups is 1. The monoisotopic (exact) mass is 334 g/mol. The van der Waals surface area contributed by atoms with Gasteiger partial charge in [0.1, 0.15) is 5.02 Å². The maximum absolute atomic E-state index is 11.9. The van der Waals surface area contributed by atoms with E-state index in [0.717, 1.165) is 0 Å². The van der Waals surface area contributed by atoms with Crippen LogP contribution >= 0.6 is 11.6 Å². The molecule has 0 aliphatic heterocycles. The molecule has 2 rings (SSSR count). The second kappa shape index (κ2) is 6.71. The molecule has 8 nitrogen and oxygen atoms in total. The summed E-state index contributed by atoms with van der Waals surface area (Å²) in [6.07, 6.45) is 1.40. The Bertz CT molecular complexity index is 680. The zero-order valence-corrected chi connectivity index (χ0v) is 12.1. The van der Waals surface area contributed by atoms with Crippen molar-refractivity contribution in [3.05, 3.63) is 11.2 Å². The maximum atomic E-state index is 11.9. The van der Waals surface area contributed by atoms with Crippen molar-refractivity contribution in [2.24, 2.45) is 0 Å². The van der Waals surface area contributed by atoms with Crippen LogP contribution in [0.3, 0.4) is 0 Å². The van der Waals surface area contributed by atoms with Crippen molar-refractivity contribution in [3.8, 4) is 0 Å². The van der Waals surface area contributed by atoms with E-state index in [2.05, 4.69) is 30.6 Å². The fourth-order valence-electron chi connectivity index (χ4n) is 1.68. The molecule has 0 aliphatic rings. The van der Waals surface area contributed by atoms with E-state index in [9.17, 15) is 13.6 Å². The van der Waals surface area contributed by atoms with Crippen LogP contribution in [0.1, 0.15) is 6.92 Å². The molecule has 0 radical (unpaired) electrons. The summed E-state index contributed by atoms with van der Waals surface area (Å²) in [6, 6.07) is -1.29. The number of alkyl halides is 2. The number of halogens is 3. The molecule has 0 aliphatic carbocycles. The van der Waals surface area contributed by atoms with Crippen molar-refractivity contribution >= 4 is 40.2 Å². The smallest absolute Gasteiger partial charge is 0.345 e. The molecule has 0 bridgehead atoms. The van der Waals surface area contributed by atoms with E-state index >= 15 is 0 Å². The Kier molecular flexibility index (Phi) is 4.93. The highest BCUT2D eigenvalue weighted by molar-refractivity contribution is 6.38. The van der Waals surface area contributed by atoms with E-state index in [1.165, 1.54) is 13.1 Å². The zero-order chi connectivity index (χ0) is 16.3. The van der Waals surface area contributed by atoms with Crippen LogP contribution in [0, 0.1) is 0 Å². The standard InChI is InChI=1S/C11H13ClF2N6O2/c1-4(3-22-10(13)14)17-11(21)18-9-6(12)7-5(2-16-9)8(15)20-19-7/h2,4,10H,3H2,1H3,(H3,15,19,20)(H2,16,17,18,21)/t4-/m0/s1. The van der Waals surface area contributed by atoms with E-state index in [1.807, 2.05) is 0 Å². The van der Waals surface area contributed by atoms with Gasteiger partial charge in [-0.05, 0) is 6.92 Å². The number of nitrogens with one attached hydrogen (secondary N) is 3. The zero-order valence-electron chi connectivity index (χ0n) is 11.4. The lowest BCUT2D eigenvalue weighted by Gasteiger charge is -2.14. The molecule has 2 heterocycles. The topological polar surface area (TPSA) is 118 Å². The lowest BCUT2D eigenvalue weighted by atomic mass is 10.3. The van der Waals surface area contributed by atoms with Gasteiger partial charge in [-0.25, -0.2) is 9.78 Å². The van der Waals surface area contributed by atoms with Gasteiger partial charge in [0, 0.05) is 6.20 Å². The molecular weight excluding hydrogens is 322 g/mol. The second-order valence-electron chi connectivity index (χ2n) is 4.41. The number of nitrogen functional groups attached to an aromatic ring is 1. The number of pyridine rings is 1. The number of nitrogens with two attached hydrogens (primary N) is 1. The number of hydrogen-bond acceptors (Lipinski definition) is 5. The van der Waals surface area contributed by atoms with Gasteiger partial charge in [-0.2, -0.15) is 13.9 Å². The van der Waals surface area contributed by atoms with E-state index in [1.54, 1.807) is 0 Å². The van der Waals surface area contributed by atoms with E-state index < -0.39 is 18.7 Å². The van der Waals surface area contributed by atoms with Crippen molar-refractivity contribution in [3.63, 3.8) is 0 Å². The molecule has 0 unspecified atom stereocenters. The first-order valence-electron chi connectivity index (χ1n) is 6.13. The highest BCUT2D eigenvalue weighted by Crippen LogP contribution is 2.29. The normalized spacial score (nSPS) is 12.6. The first-order chi connectivity index (χ1) is 10.4. The number of anilines is 2. The van der Waals surface area contributed by atoms with E-state index in [0.29, 0.717) is 10.9 Å². The van der Waals surface area contributed by atoms with Crippen LogP contribution in [-0.2, 0) is 4.74 Å². The summed E-state index contributed by atoms with van der Waals surface area (Å²) < 4.78 is 27.9. The molecule has 11 heteroatoms. The molecule has 22 heavy (non-hydrogen) atoms. The average Bonchev–Trinajstić information content (AvgIpc) is 2.82. The van der Waals surface area contributed by atoms with Crippen molar-refractivity contribution in [1.29, 1.82) is 0 Å². The predicted octanol–water partition coefficient (Wildman–Crippen LogP) is 1.94. The number of rotatable bonds is 5. The van der Waals surface area contributed by atoms with Gasteiger partial charge in [-0.3, -0.25) is 10.4 Å². The first kappa shape index (κ1) is 16.2. The fourth-order valence-corrected chi connectivity index (χ4v) is 1.92. The van der Waals surface area contributed by atoms with Crippen LogP contribution in [0.5, 0.6) is 0 Å². The van der Waals surface area contributed by atoms with Crippen LogP contribution < -0.4 is 16.4 Å². The quantitative estimate of drug-likeness (QED) is 0.666. The molecule has 0 fully saturated rings. The summed E-state index contributed by atoms with van der Waals surface area (Å²) in [6.45, 7) is -1.71. The third-order valence-corrected chi connectivity index (χ3v) is 3.03. The van der Waals surface area contributed by atoms with Crippen molar-refractivity contribution in [1.82, 2.24) is 20.5 Å². The molecule has 120 valence electrons. The number of aromatic nitrogens is 3. The fraction of sp³-hybridized carbons (Fsp3) is 0.364. The average molecular weight is 335 g/mol. The minimum atomic E-state index is -2.89. The second-order valence-corrected chi connectivity index (χ2v) is 4.79. The number of aromatic amines is 1. The van der Waals surface area contributed by atoms with Gasteiger partial charge in [-0.1, -0.05) is 11.6 Å². The van der Waals surface area contributed by atoms with Gasteiger partial charge >= 0.3 is 12.6 Å². The molecule has 2 aromatic rings. The first-order valence-corrected chi connectivity index (χ1v) is 6.51. The number of fused-ring (bicyclic) bond motifs is 1. The van der Waals surface area contributed by atoms with Gasteiger partial charge in [-0.15, -0.1) is 0 Å². The number of urea groups is 1. The molecule has 5 N–H and O–H groups in total. The summed E-state index contributed by atoms with van der Waals surface area (Å²) in [4.78, 5) is 15.7. The molecule has 0 spiro atoms. The van der Waals surface area contributed by atoms with Gasteiger partial charge in [0.15, 0.2) is 11.6 Å². The lowest BCUT2D eigenvalue weighted by Crippen LogP contribution is -2.39. The number of amides is 2. The van der Waals surface area contributed by atoms with E-state index in [4.69, 9.17) is 17.3 Å². The Morgan fingerprint density at radius 1 is 1.59 bits per heavy atom. The van der Waals surface area contributed by atoms with Crippen molar-refractivity contribution in [2.75, 3.05) is 17.7 Å². The minimum Gasteiger partial charge on any atom is -0.382 e. The molecule has 1 atom stereocenters. The summed E-state index contributed by atoms with van der Waals surface area (Å²) in [5.41, 5.74) is 6.03. The number of H-pyrrole nitrogens is 1. The molecule has 0 saturated carbocycles. The minimum absolute atomic E-state index is 0.0808. The van der Waals surface area contributed by atoms with Crippen LogP contribution in [0.15, 0.2) is 6.20 Å². The number of carbonyl (C=O) groups excluding carboxylic acids is 1. The summed E-state index contributed by atoms with van der Waals surface area (Å²) in [7, 11) is 0. The third-order valence-electron chi connectivity index (χ3n) is 2.67. The highest BCUT2D eigenvalue weighted by Gasteiger charge is 2.15. The number of hydrogen-bond donors (Lipinski definition) is 4.